The topological polar surface area (TPSA) is 16.4 Å². The predicted octanol–water partition coefficient (Wildman–Crippen LogP) is 3.47. The molecule has 2 nitrogen and oxygen atoms in total. The van der Waals surface area contributed by atoms with Gasteiger partial charge in [-0.25, -0.2) is 0 Å². The van der Waals surface area contributed by atoms with Crippen molar-refractivity contribution in [1.82, 2.24) is 4.90 Å². The van der Waals surface area contributed by atoms with Crippen LogP contribution in [0.25, 0.3) is 0 Å². The van der Waals surface area contributed by atoms with Crippen molar-refractivity contribution < 1.29 is 4.42 Å². The number of furan rings is 1. The first-order valence-corrected chi connectivity index (χ1v) is 5.55. The molecule has 0 aliphatic heterocycles. The highest BCUT2D eigenvalue weighted by molar-refractivity contribution is 5.18. The molecule has 0 aliphatic rings. The Bertz CT molecular complexity index is 408. The van der Waals surface area contributed by atoms with E-state index in [1.54, 1.807) is 6.26 Å². The zero-order valence-electron chi connectivity index (χ0n) is 9.76. The minimum absolute atomic E-state index is 0.395. The Balaban J connectivity index is 2.02. The van der Waals surface area contributed by atoms with E-state index in [1.807, 2.05) is 18.2 Å². The summed E-state index contributed by atoms with van der Waals surface area (Å²) >= 11 is 0. The van der Waals surface area contributed by atoms with Crippen LogP contribution in [0.5, 0.6) is 0 Å². The lowest BCUT2D eigenvalue weighted by molar-refractivity contribution is 0.232. The van der Waals surface area contributed by atoms with Crippen molar-refractivity contribution in [2.45, 2.75) is 19.5 Å². The molecule has 2 rings (SSSR count). The third-order valence-electron chi connectivity index (χ3n) is 2.93. The van der Waals surface area contributed by atoms with Crippen LogP contribution in [0.15, 0.2) is 53.1 Å². The lowest BCUT2D eigenvalue weighted by Crippen LogP contribution is -2.21. The smallest absolute Gasteiger partial charge is 0.117 e. The van der Waals surface area contributed by atoms with Crippen LogP contribution in [-0.4, -0.2) is 11.9 Å². The highest BCUT2D eigenvalue weighted by atomic mass is 16.3. The summed E-state index contributed by atoms with van der Waals surface area (Å²) in [5, 5.41) is 0. The molecule has 0 fully saturated rings. The fourth-order valence-electron chi connectivity index (χ4n) is 1.77. The normalized spacial score (nSPS) is 12.9. The van der Waals surface area contributed by atoms with E-state index >= 15 is 0 Å². The van der Waals surface area contributed by atoms with Crippen LogP contribution in [0.4, 0.5) is 0 Å². The molecule has 1 aromatic carbocycles. The minimum atomic E-state index is 0.395. The first-order valence-electron chi connectivity index (χ1n) is 5.55. The van der Waals surface area contributed by atoms with Gasteiger partial charge in [0.1, 0.15) is 5.76 Å². The van der Waals surface area contributed by atoms with E-state index in [-0.39, 0.29) is 0 Å². The van der Waals surface area contributed by atoms with Gasteiger partial charge < -0.3 is 4.42 Å². The third-order valence-corrected chi connectivity index (χ3v) is 2.93. The molecule has 0 radical (unpaired) electrons. The van der Waals surface area contributed by atoms with Gasteiger partial charge >= 0.3 is 0 Å². The van der Waals surface area contributed by atoms with Gasteiger partial charge in [0.25, 0.3) is 0 Å². The maximum Gasteiger partial charge on any atom is 0.117 e. The van der Waals surface area contributed by atoms with Crippen molar-refractivity contribution in [3.63, 3.8) is 0 Å². The zero-order valence-corrected chi connectivity index (χ0v) is 9.76. The molecule has 84 valence electrons. The van der Waals surface area contributed by atoms with Gasteiger partial charge in [0.2, 0.25) is 0 Å². The SMILES string of the molecule is C[C@H](c1ccccc1)N(C)Cc1ccco1. The zero-order chi connectivity index (χ0) is 11.4. The molecule has 0 aliphatic carbocycles. The Morgan fingerprint density at radius 2 is 1.88 bits per heavy atom. The molecular weight excluding hydrogens is 198 g/mol. The second-order valence-corrected chi connectivity index (χ2v) is 4.08. The van der Waals surface area contributed by atoms with E-state index in [1.165, 1.54) is 5.56 Å². The van der Waals surface area contributed by atoms with Crippen LogP contribution < -0.4 is 0 Å². The van der Waals surface area contributed by atoms with E-state index in [0.717, 1.165) is 12.3 Å². The van der Waals surface area contributed by atoms with Gasteiger partial charge in [-0.3, -0.25) is 4.90 Å². The van der Waals surface area contributed by atoms with E-state index in [2.05, 4.69) is 43.1 Å². The summed E-state index contributed by atoms with van der Waals surface area (Å²) in [5.41, 5.74) is 1.33. The van der Waals surface area contributed by atoms with Crippen molar-refractivity contribution in [2.24, 2.45) is 0 Å². The summed E-state index contributed by atoms with van der Waals surface area (Å²) in [7, 11) is 2.11. The van der Waals surface area contributed by atoms with Gasteiger partial charge in [0, 0.05) is 6.04 Å². The summed E-state index contributed by atoms with van der Waals surface area (Å²) in [6.07, 6.45) is 1.72. The van der Waals surface area contributed by atoms with Crippen LogP contribution >= 0.6 is 0 Å². The van der Waals surface area contributed by atoms with Gasteiger partial charge in [0.05, 0.1) is 12.8 Å². The van der Waals surface area contributed by atoms with Crippen molar-refractivity contribution in [3.8, 4) is 0 Å². The molecule has 0 N–H and O–H groups in total. The molecule has 0 bridgehead atoms. The molecule has 16 heavy (non-hydrogen) atoms. The lowest BCUT2D eigenvalue weighted by Gasteiger charge is -2.23. The third kappa shape index (κ3) is 2.52. The lowest BCUT2D eigenvalue weighted by atomic mass is 10.1. The van der Waals surface area contributed by atoms with Crippen LogP contribution in [0.3, 0.4) is 0 Å². The molecule has 0 unspecified atom stereocenters. The van der Waals surface area contributed by atoms with E-state index < -0.39 is 0 Å². The second-order valence-electron chi connectivity index (χ2n) is 4.08. The molecule has 2 heteroatoms. The van der Waals surface area contributed by atoms with E-state index in [0.29, 0.717) is 6.04 Å². The Morgan fingerprint density at radius 1 is 1.12 bits per heavy atom. The molecule has 0 amide bonds. The highest BCUT2D eigenvalue weighted by Crippen LogP contribution is 2.20. The van der Waals surface area contributed by atoms with Crippen LogP contribution in [0.1, 0.15) is 24.3 Å². The first kappa shape index (κ1) is 11.0. The summed E-state index contributed by atoms with van der Waals surface area (Å²) in [6, 6.07) is 14.8. The average Bonchev–Trinajstić information content (AvgIpc) is 2.82. The quantitative estimate of drug-likeness (QED) is 0.776. The Hall–Kier alpha value is -1.54. The Kier molecular flexibility index (Phi) is 3.42. The molecule has 1 atom stereocenters. The van der Waals surface area contributed by atoms with Crippen LogP contribution in [-0.2, 0) is 6.54 Å². The van der Waals surface area contributed by atoms with Crippen LogP contribution in [0, 0.1) is 0 Å². The predicted molar refractivity (Wildman–Crippen MR) is 65.0 cm³/mol. The van der Waals surface area contributed by atoms with Crippen molar-refractivity contribution in [1.29, 1.82) is 0 Å². The number of hydrogen-bond acceptors (Lipinski definition) is 2. The summed E-state index contributed by atoms with van der Waals surface area (Å²) in [4.78, 5) is 2.27. The first-order chi connectivity index (χ1) is 7.77. The molecule has 0 spiro atoms. The van der Waals surface area contributed by atoms with Crippen molar-refractivity contribution >= 4 is 0 Å². The fraction of sp³-hybridized carbons (Fsp3) is 0.286. The standard InChI is InChI=1S/C14H17NO/c1-12(13-7-4-3-5-8-13)15(2)11-14-9-6-10-16-14/h3-10,12H,11H2,1-2H3/t12-/m1/s1. The van der Waals surface area contributed by atoms with Crippen LogP contribution in [0.2, 0.25) is 0 Å². The molecular formula is C14H17NO. The summed E-state index contributed by atoms with van der Waals surface area (Å²) in [5.74, 6) is 1.00. The molecule has 2 aromatic rings. The Morgan fingerprint density at radius 3 is 2.50 bits per heavy atom. The second kappa shape index (κ2) is 4.99. The van der Waals surface area contributed by atoms with Gasteiger partial charge in [-0.15, -0.1) is 0 Å². The largest absolute Gasteiger partial charge is 0.468 e. The average molecular weight is 215 g/mol. The molecule has 1 aromatic heterocycles. The van der Waals surface area contributed by atoms with Gasteiger partial charge in [-0.05, 0) is 31.7 Å². The number of hydrogen-bond donors (Lipinski definition) is 0. The summed E-state index contributed by atoms with van der Waals surface area (Å²) < 4.78 is 5.35. The van der Waals surface area contributed by atoms with Gasteiger partial charge in [-0.2, -0.15) is 0 Å². The van der Waals surface area contributed by atoms with Crippen molar-refractivity contribution in [2.75, 3.05) is 7.05 Å². The molecule has 0 saturated carbocycles. The van der Waals surface area contributed by atoms with E-state index in [9.17, 15) is 0 Å². The molecule has 0 saturated heterocycles. The number of rotatable bonds is 4. The van der Waals surface area contributed by atoms with Gasteiger partial charge in [0.15, 0.2) is 0 Å². The van der Waals surface area contributed by atoms with Gasteiger partial charge in [-0.1, -0.05) is 30.3 Å². The van der Waals surface area contributed by atoms with E-state index in [4.69, 9.17) is 4.42 Å². The summed E-state index contributed by atoms with van der Waals surface area (Å²) in [6.45, 7) is 3.04. The highest BCUT2D eigenvalue weighted by Gasteiger charge is 2.12. The monoisotopic (exact) mass is 215 g/mol. The molecule has 1 heterocycles. The number of nitrogens with zero attached hydrogens (tertiary/aromatic N) is 1. The maximum absolute atomic E-state index is 5.35. The maximum atomic E-state index is 5.35. The van der Waals surface area contributed by atoms with Crippen molar-refractivity contribution in [3.05, 3.63) is 60.1 Å². The Labute approximate surface area is 96.5 Å². The number of benzene rings is 1. The fourth-order valence-corrected chi connectivity index (χ4v) is 1.77. The minimum Gasteiger partial charge on any atom is -0.468 e.